The highest BCUT2D eigenvalue weighted by Crippen LogP contribution is 2.40. The lowest BCUT2D eigenvalue weighted by molar-refractivity contribution is 0.301. The number of rotatable bonds is 20. The zero-order chi connectivity index (χ0) is 31.0. The zero-order valence-electron chi connectivity index (χ0n) is 28.4. The molecule has 0 saturated heterocycles. The van der Waals surface area contributed by atoms with Crippen molar-refractivity contribution in [1.82, 2.24) is 0 Å². The Bertz CT molecular complexity index is 1110. The van der Waals surface area contributed by atoms with Crippen LogP contribution in [-0.4, -0.2) is 45.9 Å². The van der Waals surface area contributed by atoms with Gasteiger partial charge in [0.1, 0.15) is 5.75 Å². The van der Waals surface area contributed by atoms with Crippen LogP contribution in [0, 0.1) is 0 Å². The van der Waals surface area contributed by atoms with Crippen LogP contribution < -0.4 is 19.4 Å². The number of nitrogens with zero attached hydrogens (tertiary/aromatic N) is 3. The fraction of sp³-hybridized carbons (Fsp3) is 0.538. The van der Waals surface area contributed by atoms with E-state index in [9.17, 15) is 0 Å². The van der Waals surface area contributed by atoms with Crippen LogP contribution in [0.4, 0.5) is 17.1 Å². The second kappa shape index (κ2) is 18.5. The second-order valence-electron chi connectivity index (χ2n) is 11.5. The molecule has 0 unspecified atom stereocenters. The fourth-order valence-electron chi connectivity index (χ4n) is 6.22. The lowest BCUT2D eigenvalue weighted by Gasteiger charge is -2.27. The molecule has 4 nitrogen and oxygen atoms in total. The van der Waals surface area contributed by atoms with E-state index in [0.29, 0.717) is 0 Å². The predicted octanol–water partition coefficient (Wildman–Crippen LogP) is 10.1. The molecule has 3 aromatic rings. The summed E-state index contributed by atoms with van der Waals surface area (Å²) in [6.07, 6.45) is 7.57. The Morgan fingerprint density at radius 3 is 1.37 bits per heavy atom. The van der Waals surface area contributed by atoms with Gasteiger partial charge in [0.2, 0.25) is 0 Å². The number of unbranched alkanes of at least 4 members (excludes halogenated alkanes) is 5. The standard InChI is InChI=1S/C39H59N3O/c1-8-15-16-17-18-19-30-43-38-31-36(42(13-6)14-7)28-29-37(38)39(32-20-24-34(25-21-32)40(9-2)10-3)33-22-26-35(27-23-33)41(11-4)12-5/h20-29,31,39H,8-19,30H2,1-7H3. The first-order valence-electron chi connectivity index (χ1n) is 17.3. The topological polar surface area (TPSA) is 19.0 Å². The highest BCUT2D eigenvalue weighted by molar-refractivity contribution is 5.60. The van der Waals surface area contributed by atoms with Gasteiger partial charge in [0.15, 0.2) is 0 Å². The zero-order valence-corrected chi connectivity index (χ0v) is 28.4. The minimum absolute atomic E-state index is 0.0850. The van der Waals surface area contributed by atoms with Crippen LogP contribution in [0.2, 0.25) is 0 Å². The van der Waals surface area contributed by atoms with Crippen molar-refractivity contribution in [1.29, 1.82) is 0 Å². The van der Waals surface area contributed by atoms with E-state index in [1.807, 2.05) is 0 Å². The van der Waals surface area contributed by atoms with E-state index in [2.05, 4.69) is 130 Å². The van der Waals surface area contributed by atoms with E-state index < -0.39 is 0 Å². The van der Waals surface area contributed by atoms with E-state index in [-0.39, 0.29) is 5.92 Å². The van der Waals surface area contributed by atoms with Crippen LogP contribution in [-0.2, 0) is 0 Å². The molecule has 0 aliphatic rings. The van der Waals surface area contributed by atoms with Gasteiger partial charge in [0.05, 0.1) is 6.61 Å². The number of hydrogen-bond acceptors (Lipinski definition) is 4. The van der Waals surface area contributed by atoms with Crippen molar-refractivity contribution in [2.45, 2.75) is 92.9 Å². The third-order valence-corrected chi connectivity index (χ3v) is 8.90. The van der Waals surface area contributed by atoms with Crippen molar-refractivity contribution in [2.24, 2.45) is 0 Å². The van der Waals surface area contributed by atoms with E-state index in [4.69, 9.17) is 4.74 Å². The number of benzene rings is 3. The molecule has 0 aliphatic heterocycles. The van der Waals surface area contributed by atoms with Gasteiger partial charge >= 0.3 is 0 Å². The Morgan fingerprint density at radius 1 is 0.488 bits per heavy atom. The third kappa shape index (κ3) is 9.42. The average Bonchev–Trinajstić information content (AvgIpc) is 3.04. The third-order valence-electron chi connectivity index (χ3n) is 8.90. The van der Waals surface area contributed by atoms with Gasteiger partial charge in [-0.3, -0.25) is 0 Å². The summed E-state index contributed by atoms with van der Waals surface area (Å²) in [6, 6.07) is 25.4. The monoisotopic (exact) mass is 585 g/mol. The predicted molar refractivity (Wildman–Crippen MR) is 190 cm³/mol. The number of hydrogen-bond donors (Lipinski definition) is 0. The summed E-state index contributed by atoms with van der Waals surface area (Å²) in [5, 5.41) is 0. The molecule has 0 radical (unpaired) electrons. The van der Waals surface area contributed by atoms with Crippen molar-refractivity contribution in [3.8, 4) is 5.75 Å². The van der Waals surface area contributed by atoms with Crippen LogP contribution in [0.5, 0.6) is 5.75 Å². The van der Waals surface area contributed by atoms with Gasteiger partial charge in [-0.25, -0.2) is 0 Å². The van der Waals surface area contributed by atoms with Crippen molar-refractivity contribution in [2.75, 3.05) is 60.6 Å². The molecule has 0 aromatic heterocycles. The Morgan fingerprint density at radius 2 is 0.907 bits per heavy atom. The van der Waals surface area contributed by atoms with Crippen LogP contribution in [0.15, 0.2) is 66.7 Å². The van der Waals surface area contributed by atoms with E-state index in [1.54, 1.807) is 0 Å². The van der Waals surface area contributed by atoms with Gasteiger partial charge in [-0.15, -0.1) is 0 Å². The summed E-state index contributed by atoms with van der Waals surface area (Å²) in [7, 11) is 0. The summed E-state index contributed by atoms with van der Waals surface area (Å²) in [4.78, 5) is 7.23. The maximum atomic E-state index is 6.70. The highest BCUT2D eigenvalue weighted by Gasteiger charge is 2.23. The summed E-state index contributed by atoms with van der Waals surface area (Å²) in [5.41, 5.74) is 7.63. The maximum Gasteiger partial charge on any atom is 0.125 e. The lowest BCUT2D eigenvalue weighted by atomic mass is 9.84. The molecule has 0 amide bonds. The van der Waals surface area contributed by atoms with Crippen LogP contribution >= 0.6 is 0 Å². The average molecular weight is 586 g/mol. The molecule has 0 aliphatic carbocycles. The normalized spacial score (nSPS) is 11.2. The first-order valence-corrected chi connectivity index (χ1v) is 17.3. The first-order chi connectivity index (χ1) is 21.0. The molecule has 236 valence electrons. The maximum absolute atomic E-state index is 6.70. The summed E-state index contributed by atoms with van der Waals surface area (Å²) in [6.45, 7) is 22.4. The Labute approximate surface area is 264 Å². The molecule has 0 N–H and O–H groups in total. The minimum Gasteiger partial charge on any atom is -0.493 e. The van der Waals surface area contributed by atoms with Crippen molar-refractivity contribution < 1.29 is 4.74 Å². The summed E-state index contributed by atoms with van der Waals surface area (Å²) < 4.78 is 6.70. The Kier molecular flexibility index (Phi) is 14.8. The Balaban J connectivity index is 2.05. The van der Waals surface area contributed by atoms with Crippen molar-refractivity contribution in [3.63, 3.8) is 0 Å². The highest BCUT2D eigenvalue weighted by atomic mass is 16.5. The Hall–Kier alpha value is -3.14. The number of ether oxygens (including phenoxy) is 1. The van der Waals surface area contributed by atoms with E-state index >= 15 is 0 Å². The molecule has 4 heteroatoms. The van der Waals surface area contributed by atoms with Gasteiger partial charge in [-0.1, -0.05) is 69.4 Å². The lowest BCUT2D eigenvalue weighted by Crippen LogP contribution is -2.22. The number of anilines is 3. The van der Waals surface area contributed by atoms with Crippen molar-refractivity contribution >= 4 is 17.1 Å². The molecule has 3 aromatic carbocycles. The van der Waals surface area contributed by atoms with Crippen molar-refractivity contribution in [3.05, 3.63) is 83.4 Å². The molecule has 0 saturated carbocycles. The SMILES string of the molecule is CCCCCCCCOc1cc(N(CC)CC)ccc1C(c1ccc(N(CC)CC)cc1)c1ccc(N(CC)CC)cc1. The second-order valence-corrected chi connectivity index (χ2v) is 11.5. The molecule has 0 bridgehead atoms. The molecule has 43 heavy (non-hydrogen) atoms. The van der Waals surface area contributed by atoms with Gasteiger partial charge in [0, 0.05) is 73.9 Å². The molecule has 0 atom stereocenters. The largest absolute Gasteiger partial charge is 0.493 e. The van der Waals surface area contributed by atoms with Crippen LogP contribution in [0.1, 0.15) is 110 Å². The summed E-state index contributed by atoms with van der Waals surface area (Å²) >= 11 is 0. The molecule has 3 rings (SSSR count). The van der Waals surface area contributed by atoms with E-state index in [1.165, 1.54) is 65.9 Å². The smallest absolute Gasteiger partial charge is 0.125 e. The van der Waals surface area contributed by atoms with Gasteiger partial charge in [-0.05, 0) is 89.4 Å². The van der Waals surface area contributed by atoms with Gasteiger partial charge < -0.3 is 19.4 Å². The molecular formula is C39H59N3O. The fourth-order valence-corrected chi connectivity index (χ4v) is 6.22. The molecule has 0 spiro atoms. The minimum atomic E-state index is 0.0850. The molecular weight excluding hydrogens is 526 g/mol. The molecule has 0 fully saturated rings. The molecule has 0 heterocycles. The van der Waals surface area contributed by atoms with Gasteiger partial charge in [0.25, 0.3) is 0 Å². The van der Waals surface area contributed by atoms with E-state index in [0.717, 1.165) is 58.0 Å². The van der Waals surface area contributed by atoms with Crippen LogP contribution in [0.25, 0.3) is 0 Å². The van der Waals surface area contributed by atoms with Gasteiger partial charge in [-0.2, -0.15) is 0 Å². The first kappa shape index (κ1) is 34.4. The summed E-state index contributed by atoms with van der Waals surface area (Å²) in [5.74, 6) is 1.10. The van der Waals surface area contributed by atoms with Crippen LogP contribution in [0.3, 0.4) is 0 Å². The quantitative estimate of drug-likeness (QED) is 0.0970.